The van der Waals surface area contributed by atoms with Crippen molar-refractivity contribution in [1.29, 1.82) is 0 Å². The normalized spacial score (nSPS) is 10.8. The van der Waals surface area contributed by atoms with Gasteiger partial charge in [0.15, 0.2) is 5.13 Å². The maximum atomic E-state index is 12.4. The molecule has 0 aliphatic rings. The lowest BCUT2D eigenvalue weighted by Crippen LogP contribution is -2.20. The highest BCUT2D eigenvalue weighted by Crippen LogP contribution is 2.25. The maximum Gasteiger partial charge on any atom is 0.349 e. The molecule has 0 saturated heterocycles. The van der Waals surface area contributed by atoms with Crippen LogP contribution in [0.2, 0.25) is 0 Å². The molecular formula is C19H12N2O4S. The Morgan fingerprint density at radius 2 is 1.92 bits per heavy atom. The molecule has 4 rings (SSSR count). The highest BCUT2D eigenvalue weighted by Gasteiger charge is 2.16. The van der Waals surface area contributed by atoms with Crippen LogP contribution in [0.4, 0.5) is 5.13 Å². The Morgan fingerprint density at radius 1 is 1.12 bits per heavy atom. The molecule has 0 fully saturated rings. The van der Waals surface area contributed by atoms with E-state index in [-0.39, 0.29) is 16.9 Å². The van der Waals surface area contributed by atoms with Crippen molar-refractivity contribution in [3.63, 3.8) is 0 Å². The minimum absolute atomic E-state index is 0.0194. The third-order valence-corrected chi connectivity index (χ3v) is 4.52. The number of aromatic nitrogens is 1. The number of benzene rings is 2. The van der Waals surface area contributed by atoms with Crippen molar-refractivity contribution in [3.05, 3.63) is 76.0 Å². The topological polar surface area (TPSA) is 92.4 Å². The molecule has 6 nitrogen and oxygen atoms in total. The fraction of sp³-hybridized carbons (Fsp3) is 0. The Hall–Kier alpha value is -3.45. The van der Waals surface area contributed by atoms with Crippen molar-refractivity contribution >= 4 is 33.3 Å². The molecule has 0 unspecified atom stereocenters. The standard InChI is InChI=1S/C19H12N2O4S/c22-13-7-6-12-8-14(18(24)25-16(12)9-13)17(23)21-19-20-15(10-26-19)11-4-2-1-3-5-11/h1-10,22H,(H,20,21,23). The van der Waals surface area contributed by atoms with Crippen molar-refractivity contribution < 1.29 is 14.3 Å². The van der Waals surface area contributed by atoms with Crippen LogP contribution in [-0.2, 0) is 0 Å². The number of phenols is 1. The summed E-state index contributed by atoms with van der Waals surface area (Å²) < 4.78 is 5.11. The van der Waals surface area contributed by atoms with Gasteiger partial charge in [-0.1, -0.05) is 30.3 Å². The lowest BCUT2D eigenvalue weighted by Gasteiger charge is -2.03. The average Bonchev–Trinajstić information content (AvgIpc) is 3.10. The van der Waals surface area contributed by atoms with Crippen LogP contribution in [0, 0.1) is 0 Å². The number of phenolic OH excluding ortho intramolecular Hbond substituents is 1. The highest BCUT2D eigenvalue weighted by atomic mass is 32.1. The van der Waals surface area contributed by atoms with Gasteiger partial charge < -0.3 is 9.52 Å². The van der Waals surface area contributed by atoms with E-state index in [1.54, 1.807) is 6.07 Å². The van der Waals surface area contributed by atoms with E-state index in [4.69, 9.17) is 4.42 Å². The van der Waals surface area contributed by atoms with Crippen LogP contribution in [0.5, 0.6) is 5.75 Å². The van der Waals surface area contributed by atoms with Crippen molar-refractivity contribution in [2.45, 2.75) is 0 Å². The maximum absolute atomic E-state index is 12.4. The van der Waals surface area contributed by atoms with Gasteiger partial charge in [0.1, 0.15) is 16.9 Å². The molecule has 0 aliphatic heterocycles. The summed E-state index contributed by atoms with van der Waals surface area (Å²) in [6.07, 6.45) is 0. The zero-order valence-corrected chi connectivity index (χ0v) is 14.1. The van der Waals surface area contributed by atoms with E-state index in [2.05, 4.69) is 10.3 Å². The summed E-state index contributed by atoms with van der Waals surface area (Å²) in [4.78, 5) is 28.9. The van der Waals surface area contributed by atoms with Crippen LogP contribution in [0.15, 0.2) is 69.2 Å². The molecule has 2 N–H and O–H groups in total. The second-order valence-corrected chi connectivity index (χ2v) is 6.39. The molecule has 0 atom stereocenters. The van der Waals surface area contributed by atoms with E-state index in [9.17, 15) is 14.7 Å². The number of thiazole rings is 1. The number of carbonyl (C=O) groups excluding carboxylic acids is 1. The first-order valence-corrected chi connectivity index (χ1v) is 8.57. The van der Waals surface area contributed by atoms with Crippen LogP contribution in [0.25, 0.3) is 22.2 Å². The van der Waals surface area contributed by atoms with Crippen LogP contribution in [0.3, 0.4) is 0 Å². The lowest BCUT2D eigenvalue weighted by atomic mass is 10.1. The summed E-state index contributed by atoms with van der Waals surface area (Å²) in [7, 11) is 0. The quantitative estimate of drug-likeness (QED) is 0.538. The second kappa shape index (κ2) is 6.45. The predicted molar refractivity (Wildman–Crippen MR) is 99.7 cm³/mol. The van der Waals surface area contributed by atoms with Crippen molar-refractivity contribution in [3.8, 4) is 17.0 Å². The first kappa shape index (κ1) is 16.0. The van der Waals surface area contributed by atoms with Crippen molar-refractivity contribution in [2.75, 3.05) is 5.32 Å². The number of rotatable bonds is 3. The minimum Gasteiger partial charge on any atom is -0.508 e. The zero-order chi connectivity index (χ0) is 18.1. The first-order chi connectivity index (χ1) is 12.6. The summed E-state index contributed by atoms with van der Waals surface area (Å²) >= 11 is 1.27. The molecule has 4 aromatic rings. The predicted octanol–water partition coefficient (Wildman–Crippen LogP) is 3.87. The number of fused-ring (bicyclic) bond motifs is 1. The van der Waals surface area contributed by atoms with Gasteiger partial charge in [0.05, 0.1) is 5.69 Å². The van der Waals surface area contributed by atoms with Gasteiger partial charge in [-0.15, -0.1) is 11.3 Å². The molecule has 2 heterocycles. The summed E-state index contributed by atoms with van der Waals surface area (Å²) in [6, 6.07) is 15.4. The molecule has 26 heavy (non-hydrogen) atoms. The minimum atomic E-state index is -0.777. The van der Waals surface area contributed by atoms with E-state index >= 15 is 0 Å². The number of amides is 1. The fourth-order valence-electron chi connectivity index (χ4n) is 2.50. The third kappa shape index (κ3) is 3.07. The van der Waals surface area contributed by atoms with Crippen LogP contribution < -0.4 is 10.9 Å². The van der Waals surface area contributed by atoms with Crippen LogP contribution in [-0.4, -0.2) is 16.0 Å². The van der Waals surface area contributed by atoms with E-state index in [0.29, 0.717) is 10.5 Å². The van der Waals surface area contributed by atoms with Gasteiger partial charge in [-0.25, -0.2) is 9.78 Å². The molecule has 0 bridgehead atoms. The molecule has 0 aliphatic carbocycles. The largest absolute Gasteiger partial charge is 0.508 e. The van der Waals surface area contributed by atoms with E-state index in [0.717, 1.165) is 11.3 Å². The summed E-state index contributed by atoms with van der Waals surface area (Å²) in [5.41, 5.74) is 0.994. The van der Waals surface area contributed by atoms with E-state index < -0.39 is 11.5 Å². The summed E-state index contributed by atoms with van der Waals surface area (Å²) in [5.74, 6) is -0.614. The highest BCUT2D eigenvalue weighted by molar-refractivity contribution is 7.14. The third-order valence-electron chi connectivity index (χ3n) is 3.76. The molecule has 7 heteroatoms. The molecule has 0 spiro atoms. The molecule has 1 amide bonds. The van der Waals surface area contributed by atoms with Crippen LogP contribution in [0.1, 0.15) is 10.4 Å². The van der Waals surface area contributed by atoms with E-state index in [1.807, 2.05) is 35.7 Å². The number of hydrogen-bond acceptors (Lipinski definition) is 6. The average molecular weight is 364 g/mol. The number of carbonyl (C=O) groups is 1. The molecular weight excluding hydrogens is 352 g/mol. The summed E-state index contributed by atoms with van der Waals surface area (Å²) in [5, 5.41) is 14.8. The van der Waals surface area contributed by atoms with Gasteiger partial charge >= 0.3 is 5.63 Å². The summed E-state index contributed by atoms with van der Waals surface area (Å²) in [6.45, 7) is 0. The van der Waals surface area contributed by atoms with E-state index in [1.165, 1.54) is 29.5 Å². The van der Waals surface area contributed by atoms with Crippen molar-refractivity contribution in [2.24, 2.45) is 0 Å². The smallest absolute Gasteiger partial charge is 0.349 e. The molecule has 0 saturated carbocycles. The van der Waals surface area contributed by atoms with Gasteiger partial charge in [-0.05, 0) is 18.2 Å². The van der Waals surface area contributed by atoms with Gasteiger partial charge in [0.25, 0.3) is 5.91 Å². The number of nitrogens with one attached hydrogen (secondary N) is 1. The Morgan fingerprint density at radius 3 is 2.73 bits per heavy atom. The van der Waals surface area contributed by atoms with Gasteiger partial charge in [0, 0.05) is 22.4 Å². The van der Waals surface area contributed by atoms with Crippen molar-refractivity contribution in [1.82, 2.24) is 4.98 Å². The Kier molecular flexibility index (Phi) is 3.98. The lowest BCUT2D eigenvalue weighted by molar-refractivity contribution is 0.102. The Bertz CT molecular complexity index is 1170. The monoisotopic (exact) mass is 364 g/mol. The van der Waals surface area contributed by atoms with Crippen LogP contribution >= 0.6 is 11.3 Å². The number of aromatic hydroxyl groups is 1. The zero-order valence-electron chi connectivity index (χ0n) is 13.3. The first-order valence-electron chi connectivity index (χ1n) is 7.69. The number of hydrogen-bond donors (Lipinski definition) is 2. The Balaban J connectivity index is 1.62. The fourth-order valence-corrected chi connectivity index (χ4v) is 3.21. The second-order valence-electron chi connectivity index (χ2n) is 5.53. The molecule has 2 aromatic heterocycles. The molecule has 128 valence electrons. The molecule has 0 radical (unpaired) electrons. The number of nitrogens with zero attached hydrogens (tertiary/aromatic N) is 1. The SMILES string of the molecule is O=C(Nc1nc(-c2ccccc2)cs1)c1cc2ccc(O)cc2oc1=O. The van der Waals surface area contributed by atoms with Gasteiger partial charge in [-0.3, -0.25) is 10.1 Å². The van der Waals surface area contributed by atoms with Gasteiger partial charge in [0.2, 0.25) is 0 Å². The Labute approximate surface area is 151 Å². The number of anilines is 1. The molecule has 2 aromatic carbocycles. The van der Waals surface area contributed by atoms with Gasteiger partial charge in [-0.2, -0.15) is 0 Å².